The molecule has 0 atom stereocenters. The molecule has 1 aromatic carbocycles. The molecule has 1 rings (SSSR count). The van der Waals surface area contributed by atoms with Gasteiger partial charge in [-0.2, -0.15) is 0 Å². The molecule has 0 unspecified atom stereocenters. The summed E-state index contributed by atoms with van der Waals surface area (Å²) in [5, 5.41) is 10.4. The average Bonchev–Trinajstić information content (AvgIpc) is 2.46. The Morgan fingerprint density at radius 2 is 1.36 bits per heavy atom. The molecule has 160 valence electrons. The van der Waals surface area contributed by atoms with E-state index in [0.717, 1.165) is 0 Å². The van der Waals surface area contributed by atoms with E-state index in [1.54, 1.807) is 0 Å². The monoisotopic (exact) mass is 488 g/mol. The van der Waals surface area contributed by atoms with Gasteiger partial charge in [0.05, 0.1) is 5.56 Å². The fourth-order valence-electron chi connectivity index (χ4n) is 2.26. The SMILES string of the molecule is Cc1c(O[Si](C)(C)C(C)(C)C)cc(O[Si](C)(C)C(C)(C)C)c(CBr)c1C(=O)O. The molecule has 0 bridgehead atoms. The van der Waals surface area contributed by atoms with Crippen LogP contribution in [0.15, 0.2) is 6.07 Å². The first-order chi connectivity index (χ1) is 12.4. The molecule has 1 aromatic rings. The average molecular weight is 490 g/mol. The van der Waals surface area contributed by atoms with E-state index < -0.39 is 22.6 Å². The van der Waals surface area contributed by atoms with E-state index in [0.29, 0.717) is 28.0 Å². The Morgan fingerprint density at radius 1 is 0.964 bits per heavy atom. The minimum atomic E-state index is -2.14. The lowest BCUT2D eigenvalue weighted by Gasteiger charge is -2.39. The van der Waals surface area contributed by atoms with Crippen LogP contribution < -0.4 is 8.85 Å². The first-order valence-electron chi connectivity index (χ1n) is 9.69. The van der Waals surface area contributed by atoms with E-state index in [9.17, 15) is 9.90 Å². The highest BCUT2D eigenvalue weighted by molar-refractivity contribution is 9.08. The van der Waals surface area contributed by atoms with Crippen molar-refractivity contribution in [2.45, 2.75) is 90.1 Å². The molecule has 1 N–H and O–H groups in total. The Hall–Kier alpha value is -0.796. The third kappa shape index (κ3) is 5.22. The summed E-state index contributed by atoms with van der Waals surface area (Å²) in [5.41, 5.74) is 1.62. The van der Waals surface area contributed by atoms with Crippen LogP contribution in [-0.2, 0) is 5.33 Å². The van der Waals surface area contributed by atoms with Crippen LogP contribution >= 0.6 is 15.9 Å². The molecule has 0 aliphatic rings. The lowest BCUT2D eigenvalue weighted by Crippen LogP contribution is -2.45. The van der Waals surface area contributed by atoms with Crippen molar-refractivity contribution in [2.75, 3.05) is 0 Å². The van der Waals surface area contributed by atoms with Crippen LogP contribution in [0, 0.1) is 6.92 Å². The Bertz CT molecular complexity index is 744. The second-order valence-corrected chi connectivity index (χ2v) is 20.5. The number of alkyl halides is 1. The molecule has 0 saturated heterocycles. The minimum Gasteiger partial charge on any atom is -0.543 e. The van der Waals surface area contributed by atoms with Crippen molar-refractivity contribution >= 4 is 38.5 Å². The highest BCUT2D eigenvalue weighted by Gasteiger charge is 2.42. The first-order valence-corrected chi connectivity index (χ1v) is 16.6. The molecule has 0 amide bonds. The van der Waals surface area contributed by atoms with Crippen LogP contribution in [0.25, 0.3) is 0 Å². The number of rotatable bonds is 6. The van der Waals surface area contributed by atoms with Crippen molar-refractivity contribution < 1.29 is 18.8 Å². The van der Waals surface area contributed by atoms with Gasteiger partial charge in [0.25, 0.3) is 0 Å². The van der Waals surface area contributed by atoms with Gasteiger partial charge < -0.3 is 14.0 Å². The standard InChI is InChI=1S/C21H37BrO4Si2/c1-14-16(25-27(8,9)20(2,3)4)12-17(15(13-22)18(14)19(23)24)26-28(10,11)21(5,6)7/h12H,13H2,1-11H3,(H,23,24). The molecule has 0 aliphatic heterocycles. The fraction of sp³-hybridized carbons (Fsp3) is 0.667. The van der Waals surface area contributed by atoms with Gasteiger partial charge >= 0.3 is 5.97 Å². The number of halogens is 1. The highest BCUT2D eigenvalue weighted by atomic mass is 79.9. The van der Waals surface area contributed by atoms with Crippen LogP contribution in [0.2, 0.25) is 36.3 Å². The van der Waals surface area contributed by atoms with Crippen molar-refractivity contribution in [1.82, 2.24) is 0 Å². The molecule has 0 aliphatic carbocycles. The highest BCUT2D eigenvalue weighted by Crippen LogP contribution is 2.44. The van der Waals surface area contributed by atoms with Gasteiger partial charge in [-0.05, 0) is 43.2 Å². The maximum Gasteiger partial charge on any atom is 0.336 e. The molecule has 0 spiro atoms. The van der Waals surface area contributed by atoms with Crippen LogP contribution in [0.1, 0.15) is 63.0 Å². The number of aromatic carboxylic acids is 1. The minimum absolute atomic E-state index is 0.00526. The summed E-state index contributed by atoms with van der Waals surface area (Å²) in [5.74, 6) is 0.301. The summed E-state index contributed by atoms with van der Waals surface area (Å²) < 4.78 is 13.1. The Labute approximate surface area is 181 Å². The summed E-state index contributed by atoms with van der Waals surface area (Å²) in [6.07, 6.45) is 0. The largest absolute Gasteiger partial charge is 0.543 e. The number of carbonyl (C=O) groups is 1. The summed E-state index contributed by atoms with van der Waals surface area (Å²) in [7, 11) is -4.27. The van der Waals surface area contributed by atoms with Gasteiger partial charge in [-0.1, -0.05) is 57.5 Å². The third-order valence-corrected chi connectivity index (χ3v) is 15.5. The van der Waals surface area contributed by atoms with Gasteiger partial charge in [0.1, 0.15) is 11.5 Å². The molecule has 7 heteroatoms. The Kier molecular flexibility index (Phi) is 7.34. The summed E-state index contributed by atoms with van der Waals surface area (Å²) in [6, 6.07) is 1.92. The van der Waals surface area contributed by atoms with Crippen molar-refractivity contribution in [1.29, 1.82) is 0 Å². The maximum absolute atomic E-state index is 12.1. The van der Waals surface area contributed by atoms with E-state index in [-0.39, 0.29) is 15.6 Å². The van der Waals surface area contributed by atoms with Crippen LogP contribution in [0.3, 0.4) is 0 Å². The van der Waals surface area contributed by atoms with E-state index in [1.807, 2.05) is 13.0 Å². The summed E-state index contributed by atoms with van der Waals surface area (Å²) in [4.78, 5) is 12.1. The maximum atomic E-state index is 12.1. The molecule has 28 heavy (non-hydrogen) atoms. The quantitative estimate of drug-likeness (QED) is 0.335. The van der Waals surface area contributed by atoms with Crippen molar-refractivity contribution in [3.63, 3.8) is 0 Å². The zero-order chi connectivity index (χ0) is 22.3. The number of hydrogen-bond donors (Lipinski definition) is 1. The van der Waals surface area contributed by atoms with Crippen LogP contribution in [-0.4, -0.2) is 27.7 Å². The predicted molar refractivity (Wildman–Crippen MR) is 126 cm³/mol. The third-order valence-electron chi connectivity index (χ3n) is 6.30. The van der Waals surface area contributed by atoms with Gasteiger partial charge in [0, 0.05) is 22.5 Å². The van der Waals surface area contributed by atoms with E-state index in [1.165, 1.54) is 0 Å². The summed E-state index contributed by atoms with van der Waals surface area (Å²) >= 11 is 3.48. The van der Waals surface area contributed by atoms with Crippen LogP contribution in [0.5, 0.6) is 11.5 Å². The van der Waals surface area contributed by atoms with Gasteiger partial charge in [0.15, 0.2) is 0 Å². The number of benzene rings is 1. The second-order valence-electron chi connectivity index (χ2n) is 10.5. The van der Waals surface area contributed by atoms with Crippen molar-refractivity contribution in [2.24, 2.45) is 0 Å². The van der Waals surface area contributed by atoms with Gasteiger partial charge in [-0.3, -0.25) is 0 Å². The fourth-order valence-corrected chi connectivity index (χ4v) is 4.93. The molecule has 0 fully saturated rings. The Morgan fingerprint density at radius 3 is 1.68 bits per heavy atom. The second kappa shape index (κ2) is 8.15. The first kappa shape index (κ1) is 25.2. The predicted octanol–water partition coefficient (Wildman–Crippen LogP) is 7.36. The van der Waals surface area contributed by atoms with Gasteiger partial charge in [0.2, 0.25) is 16.6 Å². The van der Waals surface area contributed by atoms with Gasteiger partial charge in [-0.25, -0.2) is 4.79 Å². The normalized spacial score (nSPS) is 13.4. The van der Waals surface area contributed by atoms with Gasteiger partial charge in [-0.15, -0.1) is 0 Å². The number of carboxylic acid groups (broad SMARTS) is 1. The number of carboxylic acids is 1. The van der Waals surface area contributed by atoms with Crippen molar-refractivity contribution in [3.8, 4) is 11.5 Å². The Balaban J connectivity index is 3.69. The lowest BCUT2D eigenvalue weighted by molar-refractivity contribution is 0.0694. The molecule has 0 saturated carbocycles. The van der Waals surface area contributed by atoms with E-state index in [2.05, 4.69) is 83.7 Å². The topological polar surface area (TPSA) is 55.8 Å². The zero-order valence-electron chi connectivity index (χ0n) is 19.3. The van der Waals surface area contributed by atoms with E-state index >= 15 is 0 Å². The molecular weight excluding hydrogens is 452 g/mol. The number of hydrogen-bond acceptors (Lipinski definition) is 3. The molecule has 0 heterocycles. The smallest absolute Gasteiger partial charge is 0.336 e. The summed E-state index contributed by atoms with van der Waals surface area (Å²) in [6.45, 7) is 23.5. The zero-order valence-corrected chi connectivity index (χ0v) is 22.9. The molecular formula is C21H37BrO4Si2. The molecule has 0 radical (unpaired) electrons. The molecule has 0 aromatic heterocycles. The molecule has 4 nitrogen and oxygen atoms in total. The van der Waals surface area contributed by atoms with Crippen molar-refractivity contribution in [3.05, 3.63) is 22.8 Å². The van der Waals surface area contributed by atoms with Crippen LogP contribution in [0.4, 0.5) is 0 Å². The lowest BCUT2D eigenvalue weighted by atomic mass is 10.0. The van der Waals surface area contributed by atoms with E-state index in [4.69, 9.17) is 8.85 Å².